The van der Waals surface area contributed by atoms with E-state index in [4.69, 9.17) is 26.2 Å². The van der Waals surface area contributed by atoms with Gasteiger partial charge in [0.05, 0.1) is 12.8 Å². The molecular weight excluding hydrogens is 274 g/mol. The third kappa shape index (κ3) is 22.3. The molecule has 0 aliphatic rings. The van der Waals surface area contributed by atoms with Crippen molar-refractivity contribution in [3.63, 3.8) is 0 Å². The molecule has 10 heteroatoms. The standard InChI is InChI=1S/C5H9NO4.C4H6O4.Mg.2H/c6-3(5(9)10)1-2-4(7)8;5-3(6)1-2-4(7)8;;;/h3H,1-2,6H2,(H,7,8)(H,9,10);1-2H2,(H,5,6)(H,7,8);;;/t3-;;;;/m0..../s1. The van der Waals surface area contributed by atoms with Crippen molar-refractivity contribution in [2.75, 3.05) is 0 Å². The lowest BCUT2D eigenvalue weighted by molar-refractivity contribution is -0.143. The second-order valence-electron chi connectivity index (χ2n) is 3.16. The van der Waals surface area contributed by atoms with Gasteiger partial charge in [0.15, 0.2) is 0 Å². The van der Waals surface area contributed by atoms with Gasteiger partial charge >= 0.3 is 46.9 Å². The highest BCUT2D eigenvalue weighted by Crippen LogP contribution is 1.93. The first-order chi connectivity index (χ1) is 8.16. The number of carboxylic acid groups (broad SMARTS) is 4. The number of hydrogen-bond acceptors (Lipinski definition) is 5. The smallest absolute Gasteiger partial charge is 0.320 e. The minimum atomic E-state index is -1.17. The number of aliphatic carboxylic acids is 4. The van der Waals surface area contributed by atoms with Crippen molar-refractivity contribution in [1.82, 2.24) is 0 Å². The third-order valence-electron chi connectivity index (χ3n) is 1.54. The first-order valence-corrected chi connectivity index (χ1v) is 4.80. The van der Waals surface area contributed by atoms with Gasteiger partial charge in [-0.15, -0.1) is 0 Å². The van der Waals surface area contributed by atoms with Crippen LogP contribution in [0.1, 0.15) is 25.7 Å². The highest BCUT2D eigenvalue weighted by atomic mass is 24.3. The second-order valence-corrected chi connectivity index (χ2v) is 3.16. The van der Waals surface area contributed by atoms with Crippen LogP contribution in [0.3, 0.4) is 0 Å². The predicted octanol–water partition coefficient (Wildman–Crippen LogP) is -1.72. The molecule has 19 heavy (non-hydrogen) atoms. The van der Waals surface area contributed by atoms with Crippen molar-refractivity contribution < 1.29 is 39.6 Å². The third-order valence-corrected chi connectivity index (χ3v) is 1.54. The van der Waals surface area contributed by atoms with Gasteiger partial charge in [-0.2, -0.15) is 0 Å². The van der Waals surface area contributed by atoms with Crippen LogP contribution < -0.4 is 5.73 Å². The topological polar surface area (TPSA) is 175 Å². The van der Waals surface area contributed by atoms with E-state index in [0.29, 0.717) is 0 Å². The lowest BCUT2D eigenvalue weighted by Crippen LogP contribution is -2.30. The molecule has 0 aromatic carbocycles. The summed E-state index contributed by atoms with van der Waals surface area (Å²) in [5, 5.41) is 32.1. The molecule has 0 radical (unpaired) electrons. The summed E-state index contributed by atoms with van der Waals surface area (Å²) in [5.74, 6) is -4.35. The molecule has 0 spiro atoms. The average Bonchev–Trinajstić information content (AvgIpc) is 2.23. The molecule has 0 unspecified atom stereocenters. The normalized spacial score (nSPS) is 10.2. The Morgan fingerprint density at radius 1 is 0.789 bits per heavy atom. The molecule has 0 fully saturated rings. The van der Waals surface area contributed by atoms with Crippen molar-refractivity contribution >= 4 is 46.9 Å². The number of carboxylic acids is 4. The summed E-state index contributed by atoms with van der Waals surface area (Å²) in [5.41, 5.74) is 5.00. The van der Waals surface area contributed by atoms with E-state index in [9.17, 15) is 19.2 Å². The van der Waals surface area contributed by atoms with E-state index in [-0.39, 0.29) is 48.7 Å². The van der Waals surface area contributed by atoms with Crippen LogP contribution in [0.4, 0.5) is 0 Å². The van der Waals surface area contributed by atoms with Gasteiger partial charge in [-0.05, 0) is 6.42 Å². The van der Waals surface area contributed by atoms with Crippen LogP contribution >= 0.6 is 0 Å². The van der Waals surface area contributed by atoms with E-state index in [0.717, 1.165) is 0 Å². The largest absolute Gasteiger partial charge is 0.481 e. The van der Waals surface area contributed by atoms with Gasteiger partial charge < -0.3 is 26.2 Å². The van der Waals surface area contributed by atoms with Crippen LogP contribution in [0.5, 0.6) is 0 Å². The fraction of sp³-hybridized carbons (Fsp3) is 0.556. The molecule has 9 nitrogen and oxygen atoms in total. The van der Waals surface area contributed by atoms with Gasteiger partial charge in [0.25, 0.3) is 0 Å². The molecule has 0 aliphatic heterocycles. The molecule has 0 saturated carbocycles. The van der Waals surface area contributed by atoms with Crippen molar-refractivity contribution in [2.24, 2.45) is 5.73 Å². The van der Waals surface area contributed by atoms with Crippen LogP contribution in [0.15, 0.2) is 0 Å². The minimum absolute atomic E-state index is 0. The number of nitrogens with two attached hydrogens (primary N) is 1. The molecule has 0 aliphatic carbocycles. The molecule has 0 aromatic rings. The Bertz CT molecular complexity index is 305. The molecule has 0 amide bonds. The average molecular weight is 292 g/mol. The van der Waals surface area contributed by atoms with Crippen LogP contribution in [0, 0.1) is 0 Å². The van der Waals surface area contributed by atoms with E-state index in [1.54, 1.807) is 0 Å². The van der Waals surface area contributed by atoms with Crippen molar-refractivity contribution in [3.05, 3.63) is 0 Å². The molecule has 0 heterocycles. The molecule has 108 valence electrons. The molecule has 1 atom stereocenters. The zero-order valence-corrected chi connectivity index (χ0v) is 9.40. The predicted molar refractivity (Wildman–Crippen MR) is 65.5 cm³/mol. The Morgan fingerprint density at radius 2 is 1.11 bits per heavy atom. The van der Waals surface area contributed by atoms with E-state index in [1.165, 1.54) is 0 Å². The summed E-state index contributed by atoms with van der Waals surface area (Å²) in [6.45, 7) is 0. The van der Waals surface area contributed by atoms with E-state index in [1.807, 2.05) is 0 Å². The van der Waals surface area contributed by atoms with Gasteiger partial charge in [-0.25, -0.2) is 0 Å². The summed E-state index contributed by atoms with van der Waals surface area (Å²) in [6, 6.07) is -1.06. The lowest BCUT2D eigenvalue weighted by atomic mass is 10.2. The van der Waals surface area contributed by atoms with Gasteiger partial charge in [-0.1, -0.05) is 0 Å². The Morgan fingerprint density at radius 3 is 1.32 bits per heavy atom. The molecule has 0 aromatic heterocycles. The van der Waals surface area contributed by atoms with Gasteiger partial charge in [0.1, 0.15) is 6.04 Å². The maximum absolute atomic E-state index is 9.99. The Kier molecular flexibility index (Phi) is 15.6. The van der Waals surface area contributed by atoms with Crippen molar-refractivity contribution in [1.29, 1.82) is 0 Å². The number of carbonyl (C=O) groups is 4. The highest BCUT2D eigenvalue weighted by molar-refractivity contribution is 5.76. The highest BCUT2D eigenvalue weighted by Gasteiger charge is 2.12. The van der Waals surface area contributed by atoms with E-state index >= 15 is 0 Å². The van der Waals surface area contributed by atoms with Gasteiger partial charge in [0, 0.05) is 6.42 Å². The fourth-order valence-electron chi connectivity index (χ4n) is 0.616. The van der Waals surface area contributed by atoms with Crippen molar-refractivity contribution in [3.8, 4) is 0 Å². The second kappa shape index (κ2) is 13.0. The van der Waals surface area contributed by atoms with Crippen LogP contribution in [-0.2, 0) is 19.2 Å². The quantitative estimate of drug-likeness (QED) is 0.341. The Hall–Kier alpha value is -1.39. The fourth-order valence-corrected chi connectivity index (χ4v) is 0.616. The number of rotatable bonds is 7. The summed E-state index contributed by atoms with van der Waals surface area (Å²) < 4.78 is 0. The van der Waals surface area contributed by atoms with Crippen LogP contribution in [0.25, 0.3) is 0 Å². The molecule has 6 N–H and O–H groups in total. The van der Waals surface area contributed by atoms with Gasteiger partial charge in [0.2, 0.25) is 0 Å². The zero-order valence-electron chi connectivity index (χ0n) is 9.40. The molecular formula is C9H17MgNO8. The monoisotopic (exact) mass is 291 g/mol. The van der Waals surface area contributed by atoms with Crippen LogP contribution in [0.2, 0.25) is 0 Å². The minimum Gasteiger partial charge on any atom is -0.481 e. The molecule has 0 saturated heterocycles. The molecule has 0 rings (SSSR count). The first kappa shape index (κ1) is 22.8. The summed E-state index contributed by atoms with van der Waals surface area (Å²) >= 11 is 0. The number of hydrogen-bond donors (Lipinski definition) is 5. The molecule has 0 bridgehead atoms. The maximum Gasteiger partial charge on any atom is 0.320 e. The summed E-state index contributed by atoms with van der Waals surface area (Å²) in [6.07, 6.45) is -0.817. The lowest BCUT2D eigenvalue weighted by Gasteiger charge is -2.01. The van der Waals surface area contributed by atoms with Crippen molar-refractivity contribution in [2.45, 2.75) is 31.7 Å². The van der Waals surface area contributed by atoms with Gasteiger partial charge in [-0.3, -0.25) is 19.2 Å². The van der Waals surface area contributed by atoms with E-state index < -0.39 is 29.9 Å². The van der Waals surface area contributed by atoms with Crippen LogP contribution in [-0.4, -0.2) is 73.4 Å². The Labute approximate surface area is 124 Å². The zero-order chi connectivity index (χ0) is 14.7. The summed E-state index contributed by atoms with van der Waals surface area (Å²) in [4.78, 5) is 39.2. The first-order valence-electron chi connectivity index (χ1n) is 4.80. The van der Waals surface area contributed by atoms with E-state index in [2.05, 4.69) is 0 Å². The maximum atomic E-state index is 9.99. The summed E-state index contributed by atoms with van der Waals surface area (Å²) in [7, 11) is 0. The SMILES string of the molecule is N[C@@H](CCC(=O)O)C(=O)O.O=C(O)CCC(=O)O.[MgH2]. The Balaban J connectivity index is -0.000000262.